The van der Waals surface area contributed by atoms with Gasteiger partial charge >= 0.3 is 11.9 Å². The smallest absolute Gasteiger partial charge is 0.414 e. The van der Waals surface area contributed by atoms with Crippen LogP contribution in [0.1, 0.15) is 22.6 Å². The molecule has 6 nitrogen and oxygen atoms in total. The van der Waals surface area contributed by atoms with E-state index in [1.807, 2.05) is 13.0 Å². The lowest BCUT2D eigenvalue weighted by atomic mass is 10.1. The summed E-state index contributed by atoms with van der Waals surface area (Å²) in [7, 11) is 0. The Kier molecular flexibility index (Phi) is 8.66. The number of aliphatic carboxylic acids is 2. The number of rotatable bonds is 7. The van der Waals surface area contributed by atoms with E-state index in [1.54, 1.807) is 0 Å². The molecule has 0 amide bonds. The summed E-state index contributed by atoms with van der Waals surface area (Å²) in [5, 5.41) is 14.8. The molecule has 0 aliphatic heterocycles. The molecule has 0 fully saturated rings. The van der Waals surface area contributed by atoms with E-state index in [2.05, 4.69) is 71.6 Å². The molecule has 0 radical (unpaired) electrons. The predicted octanol–water partition coefficient (Wildman–Crippen LogP) is 3.99. The van der Waals surface area contributed by atoms with Gasteiger partial charge in [-0.1, -0.05) is 60.7 Å². The van der Waals surface area contributed by atoms with E-state index in [1.165, 1.54) is 11.1 Å². The van der Waals surface area contributed by atoms with Gasteiger partial charge in [0.2, 0.25) is 0 Å². The summed E-state index contributed by atoms with van der Waals surface area (Å²) in [6, 6.07) is 25.4. The number of hydrogen-bond acceptors (Lipinski definition) is 4. The first-order valence-electron chi connectivity index (χ1n) is 9.26. The predicted molar refractivity (Wildman–Crippen MR) is 109 cm³/mol. The maximum absolute atomic E-state index is 9.10. The molecular weight excluding hydrogens is 370 g/mol. The largest absolute Gasteiger partial charge is 0.473 e. The zero-order valence-corrected chi connectivity index (χ0v) is 16.3. The summed E-state index contributed by atoms with van der Waals surface area (Å²) in [6.45, 7) is 4.79. The van der Waals surface area contributed by atoms with E-state index in [-0.39, 0.29) is 0 Å². The van der Waals surface area contributed by atoms with Gasteiger partial charge < -0.3 is 14.6 Å². The minimum absolute atomic E-state index is 0.843. The third-order valence-electron chi connectivity index (χ3n) is 4.17. The van der Waals surface area contributed by atoms with Crippen molar-refractivity contribution in [3.05, 3.63) is 95.4 Å². The molecule has 2 aromatic carbocycles. The van der Waals surface area contributed by atoms with Crippen molar-refractivity contribution < 1.29 is 24.2 Å². The third-order valence-corrected chi connectivity index (χ3v) is 4.17. The highest BCUT2D eigenvalue weighted by Gasteiger charge is 2.10. The van der Waals surface area contributed by atoms with Crippen molar-refractivity contribution in [2.45, 2.75) is 26.4 Å². The summed E-state index contributed by atoms with van der Waals surface area (Å²) >= 11 is 0. The first-order chi connectivity index (χ1) is 13.9. The first kappa shape index (κ1) is 21.9. The van der Waals surface area contributed by atoms with Gasteiger partial charge in [0.25, 0.3) is 0 Å². The minimum Gasteiger partial charge on any atom is -0.473 e. The average Bonchev–Trinajstić information content (AvgIpc) is 3.13. The maximum atomic E-state index is 9.10. The second-order valence-corrected chi connectivity index (χ2v) is 6.55. The highest BCUT2D eigenvalue weighted by Crippen LogP contribution is 2.14. The molecule has 29 heavy (non-hydrogen) atoms. The zero-order chi connectivity index (χ0) is 21.1. The molecule has 6 heteroatoms. The highest BCUT2D eigenvalue weighted by molar-refractivity contribution is 6.27. The molecule has 0 saturated carbocycles. The van der Waals surface area contributed by atoms with Crippen molar-refractivity contribution in [2.75, 3.05) is 6.54 Å². The van der Waals surface area contributed by atoms with Gasteiger partial charge in [0.05, 0.1) is 6.54 Å². The molecule has 1 aromatic heterocycles. The molecule has 2 N–H and O–H groups in total. The Morgan fingerprint density at radius 1 is 0.793 bits per heavy atom. The van der Waals surface area contributed by atoms with Crippen LogP contribution in [0.2, 0.25) is 0 Å². The van der Waals surface area contributed by atoms with E-state index < -0.39 is 11.9 Å². The lowest BCUT2D eigenvalue weighted by Gasteiger charge is -2.21. The molecule has 0 unspecified atom stereocenters. The maximum Gasteiger partial charge on any atom is 0.414 e. The van der Waals surface area contributed by atoms with E-state index in [0.717, 1.165) is 37.6 Å². The monoisotopic (exact) mass is 395 g/mol. The normalized spacial score (nSPS) is 10.3. The zero-order valence-electron chi connectivity index (χ0n) is 16.3. The van der Waals surface area contributed by atoms with Gasteiger partial charge in [-0.3, -0.25) is 4.90 Å². The molecule has 3 rings (SSSR count). The van der Waals surface area contributed by atoms with E-state index in [0.29, 0.717) is 0 Å². The quantitative estimate of drug-likeness (QED) is 0.588. The fraction of sp³-hybridized carbons (Fsp3) is 0.217. The van der Waals surface area contributed by atoms with Crippen molar-refractivity contribution in [3.63, 3.8) is 0 Å². The molecule has 0 atom stereocenters. The number of furan rings is 1. The Labute approximate surface area is 170 Å². The Balaban J connectivity index is 0.000000438. The molecular formula is C23H25NO5. The molecule has 1 heterocycles. The number of carbonyl (C=O) groups is 2. The summed E-state index contributed by atoms with van der Waals surface area (Å²) < 4.78 is 5.76. The van der Waals surface area contributed by atoms with Crippen LogP contribution < -0.4 is 0 Å². The van der Waals surface area contributed by atoms with Crippen LogP contribution in [0.15, 0.2) is 77.2 Å². The standard InChI is InChI=1S/C21H23NO.C2H2O4/c1-18-12-13-21(23-18)17-22(16-20-10-6-3-7-11-20)15-14-19-8-4-2-5-9-19;3-1(4)2(5)6/h2-13H,14-17H2,1H3;(H,3,4)(H,5,6). The van der Waals surface area contributed by atoms with Gasteiger partial charge in [0.15, 0.2) is 0 Å². The fourth-order valence-corrected chi connectivity index (χ4v) is 2.78. The second-order valence-electron chi connectivity index (χ2n) is 6.55. The SMILES string of the molecule is Cc1ccc(CN(CCc2ccccc2)Cc2ccccc2)o1.O=C(O)C(=O)O. The summed E-state index contributed by atoms with van der Waals surface area (Å²) in [5.41, 5.74) is 2.71. The van der Waals surface area contributed by atoms with Gasteiger partial charge in [0, 0.05) is 13.1 Å². The fourth-order valence-electron chi connectivity index (χ4n) is 2.78. The van der Waals surface area contributed by atoms with E-state index in [4.69, 9.17) is 24.2 Å². The third kappa shape index (κ3) is 8.45. The molecule has 0 bridgehead atoms. The number of nitrogens with zero attached hydrogens (tertiary/aromatic N) is 1. The average molecular weight is 395 g/mol. The van der Waals surface area contributed by atoms with E-state index >= 15 is 0 Å². The first-order valence-corrected chi connectivity index (χ1v) is 9.26. The number of carboxylic acids is 2. The Bertz CT molecular complexity index is 878. The van der Waals surface area contributed by atoms with Gasteiger partial charge in [-0.15, -0.1) is 0 Å². The van der Waals surface area contributed by atoms with Crippen LogP contribution in [0.3, 0.4) is 0 Å². The summed E-state index contributed by atoms with van der Waals surface area (Å²) in [6.07, 6.45) is 1.05. The number of aryl methyl sites for hydroxylation is 1. The van der Waals surface area contributed by atoms with Crippen molar-refractivity contribution in [1.29, 1.82) is 0 Å². The van der Waals surface area contributed by atoms with Crippen LogP contribution in [-0.2, 0) is 29.1 Å². The summed E-state index contributed by atoms with van der Waals surface area (Å²) in [5.74, 6) is -1.64. The van der Waals surface area contributed by atoms with Crippen molar-refractivity contribution in [1.82, 2.24) is 4.90 Å². The van der Waals surface area contributed by atoms with Crippen LogP contribution in [0.5, 0.6) is 0 Å². The Morgan fingerprint density at radius 2 is 1.34 bits per heavy atom. The lowest BCUT2D eigenvalue weighted by molar-refractivity contribution is -0.159. The van der Waals surface area contributed by atoms with Crippen LogP contribution in [0, 0.1) is 6.92 Å². The lowest BCUT2D eigenvalue weighted by Crippen LogP contribution is -2.25. The van der Waals surface area contributed by atoms with Crippen molar-refractivity contribution in [3.8, 4) is 0 Å². The van der Waals surface area contributed by atoms with Gasteiger partial charge in [0.1, 0.15) is 11.5 Å². The highest BCUT2D eigenvalue weighted by atomic mass is 16.4. The second kappa shape index (κ2) is 11.5. The van der Waals surface area contributed by atoms with Crippen LogP contribution >= 0.6 is 0 Å². The van der Waals surface area contributed by atoms with Crippen molar-refractivity contribution >= 4 is 11.9 Å². The molecule has 0 aliphatic rings. The van der Waals surface area contributed by atoms with Gasteiger partial charge in [-0.25, -0.2) is 9.59 Å². The van der Waals surface area contributed by atoms with Crippen LogP contribution in [-0.4, -0.2) is 33.6 Å². The molecule has 0 saturated heterocycles. The molecule has 0 aliphatic carbocycles. The minimum atomic E-state index is -1.82. The van der Waals surface area contributed by atoms with Crippen molar-refractivity contribution in [2.24, 2.45) is 0 Å². The van der Waals surface area contributed by atoms with Gasteiger partial charge in [-0.2, -0.15) is 0 Å². The van der Waals surface area contributed by atoms with Crippen LogP contribution in [0.4, 0.5) is 0 Å². The number of benzene rings is 2. The van der Waals surface area contributed by atoms with Gasteiger partial charge in [-0.05, 0) is 36.6 Å². The van der Waals surface area contributed by atoms with Crippen LogP contribution in [0.25, 0.3) is 0 Å². The topological polar surface area (TPSA) is 91.0 Å². The Morgan fingerprint density at radius 3 is 1.83 bits per heavy atom. The molecule has 0 spiro atoms. The molecule has 3 aromatic rings. The summed E-state index contributed by atoms with van der Waals surface area (Å²) in [4.78, 5) is 20.6. The Hall–Kier alpha value is -3.38. The molecule has 152 valence electrons. The van der Waals surface area contributed by atoms with E-state index in [9.17, 15) is 0 Å². The number of carboxylic acid groups (broad SMARTS) is 2. The number of hydrogen-bond donors (Lipinski definition) is 2.